The Bertz CT molecular complexity index is 718. The zero-order valence-corrected chi connectivity index (χ0v) is 13.9. The highest BCUT2D eigenvalue weighted by molar-refractivity contribution is 5.74. The first-order valence-electron chi connectivity index (χ1n) is 8.53. The second-order valence-corrected chi connectivity index (χ2v) is 6.35. The van der Waals surface area contributed by atoms with Gasteiger partial charge in [-0.2, -0.15) is 0 Å². The zero-order chi connectivity index (χ0) is 17.6. The number of carbonyl (C=O) groups is 2. The number of benzene rings is 1. The van der Waals surface area contributed by atoms with E-state index in [1.54, 1.807) is 0 Å². The first kappa shape index (κ1) is 17.1. The van der Waals surface area contributed by atoms with Crippen LogP contribution in [0.4, 0.5) is 4.79 Å². The summed E-state index contributed by atoms with van der Waals surface area (Å²) < 4.78 is 5.74. The standard InChI is InChI=1S/C19H22N2O4/c22-18(23)14-6-8-15(9-7-14)21-19(24)20-12-16-10-11-17(25-16)13-4-2-1-3-5-13/h1-5,10-11,14-15H,6-9,12H2,(H,22,23)(H2,20,21,24). The average molecular weight is 342 g/mol. The van der Waals surface area contributed by atoms with Crippen molar-refractivity contribution in [2.24, 2.45) is 5.92 Å². The van der Waals surface area contributed by atoms with Crippen LogP contribution in [0.15, 0.2) is 46.9 Å². The Hall–Kier alpha value is -2.76. The quantitative estimate of drug-likeness (QED) is 0.777. The number of carboxylic acids is 1. The number of carboxylic acid groups (broad SMARTS) is 1. The molecular formula is C19H22N2O4. The summed E-state index contributed by atoms with van der Waals surface area (Å²) in [6.45, 7) is 0.309. The Balaban J connectivity index is 1.44. The highest BCUT2D eigenvalue weighted by atomic mass is 16.4. The van der Waals surface area contributed by atoms with E-state index in [9.17, 15) is 9.59 Å². The number of furan rings is 1. The van der Waals surface area contributed by atoms with E-state index in [-0.39, 0.29) is 18.0 Å². The van der Waals surface area contributed by atoms with Crippen LogP contribution in [0.25, 0.3) is 11.3 Å². The number of hydrogen-bond donors (Lipinski definition) is 3. The van der Waals surface area contributed by atoms with Gasteiger partial charge in [0.25, 0.3) is 0 Å². The van der Waals surface area contributed by atoms with Crippen LogP contribution < -0.4 is 10.6 Å². The van der Waals surface area contributed by atoms with Gasteiger partial charge in [0.1, 0.15) is 11.5 Å². The van der Waals surface area contributed by atoms with E-state index in [0.29, 0.717) is 38.0 Å². The van der Waals surface area contributed by atoms with Crippen LogP contribution in [0.2, 0.25) is 0 Å². The molecule has 6 heteroatoms. The summed E-state index contributed by atoms with van der Waals surface area (Å²) in [6.07, 6.45) is 2.62. The molecule has 1 aliphatic carbocycles. The van der Waals surface area contributed by atoms with Gasteiger partial charge in [-0.3, -0.25) is 4.79 Å². The SMILES string of the molecule is O=C(NCc1ccc(-c2ccccc2)o1)NC1CCC(C(=O)O)CC1. The van der Waals surface area contributed by atoms with Crippen molar-refractivity contribution < 1.29 is 19.1 Å². The molecule has 25 heavy (non-hydrogen) atoms. The number of carbonyl (C=O) groups excluding carboxylic acids is 1. The summed E-state index contributed by atoms with van der Waals surface area (Å²) in [5.74, 6) is 0.434. The predicted octanol–water partition coefficient (Wildman–Crippen LogP) is 3.39. The first-order chi connectivity index (χ1) is 12.1. The summed E-state index contributed by atoms with van der Waals surface area (Å²) in [6, 6.07) is 13.3. The fourth-order valence-corrected chi connectivity index (χ4v) is 3.12. The highest BCUT2D eigenvalue weighted by Gasteiger charge is 2.26. The molecule has 2 amide bonds. The molecule has 1 aromatic carbocycles. The monoisotopic (exact) mass is 342 g/mol. The molecule has 0 aliphatic heterocycles. The predicted molar refractivity (Wildman–Crippen MR) is 92.9 cm³/mol. The maximum atomic E-state index is 12.0. The van der Waals surface area contributed by atoms with Crippen LogP contribution in [-0.4, -0.2) is 23.1 Å². The maximum absolute atomic E-state index is 12.0. The van der Waals surface area contributed by atoms with Crippen molar-refractivity contribution in [3.05, 3.63) is 48.2 Å². The number of rotatable bonds is 5. The highest BCUT2D eigenvalue weighted by Crippen LogP contribution is 2.24. The van der Waals surface area contributed by atoms with Gasteiger partial charge in [0.15, 0.2) is 0 Å². The number of amides is 2. The van der Waals surface area contributed by atoms with E-state index in [1.165, 1.54) is 0 Å². The molecule has 3 rings (SSSR count). The lowest BCUT2D eigenvalue weighted by molar-refractivity contribution is -0.142. The van der Waals surface area contributed by atoms with Gasteiger partial charge in [0.2, 0.25) is 0 Å². The lowest BCUT2D eigenvalue weighted by atomic mass is 9.86. The molecule has 0 radical (unpaired) electrons. The van der Waals surface area contributed by atoms with Crippen LogP contribution in [0.1, 0.15) is 31.4 Å². The summed E-state index contributed by atoms with van der Waals surface area (Å²) in [4.78, 5) is 22.9. The van der Waals surface area contributed by atoms with Crippen molar-refractivity contribution >= 4 is 12.0 Å². The second-order valence-electron chi connectivity index (χ2n) is 6.35. The van der Waals surface area contributed by atoms with Crippen LogP contribution in [0.5, 0.6) is 0 Å². The minimum Gasteiger partial charge on any atom is -0.481 e. The second kappa shape index (κ2) is 7.88. The topological polar surface area (TPSA) is 91.6 Å². The minimum atomic E-state index is -0.741. The summed E-state index contributed by atoms with van der Waals surface area (Å²) in [7, 11) is 0. The van der Waals surface area contributed by atoms with Gasteiger partial charge in [-0.05, 0) is 37.8 Å². The number of urea groups is 1. The van der Waals surface area contributed by atoms with Crippen molar-refractivity contribution in [1.29, 1.82) is 0 Å². The molecule has 1 fully saturated rings. The van der Waals surface area contributed by atoms with Crippen LogP contribution in [0, 0.1) is 5.92 Å². The maximum Gasteiger partial charge on any atom is 0.315 e. The van der Waals surface area contributed by atoms with Crippen molar-refractivity contribution in [3.63, 3.8) is 0 Å². The molecule has 1 aliphatic rings. The van der Waals surface area contributed by atoms with Gasteiger partial charge in [-0.25, -0.2) is 4.79 Å². The lowest BCUT2D eigenvalue weighted by Gasteiger charge is -2.26. The number of nitrogens with one attached hydrogen (secondary N) is 2. The largest absolute Gasteiger partial charge is 0.481 e. The number of hydrogen-bond acceptors (Lipinski definition) is 3. The first-order valence-corrected chi connectivity index (χ1v) is 8.53. The Kier molecular flexibility index (Phi) is 5.38. The average Bonchev–Trinajstić information content (AvgIpc) is 3.10. The molecule has 1 heterocycles. The molecular weight excluding hydrogens is 320 g/mol. The summed E-state index contributed by atoms with van der Waals surface area (Å²) >= 11 is 0. The van der Waals surface area contributed by atoms with E-state index >= 15 is 0 Å². The molecule has 0 saturated heterocycles. The summed E-state index contributed by atoms with van der Waals surface area (Å²) in [5, 5.41) is 14.7. The van der Waals surface area contributed by atoms with Gasteiger partial charge in [0.05, 0.1) is 12.5 Å². The molecule has 3 N–H and O–H groups in total. The molecule has 132 valence electrons. The number of aliphatic carboxylic acids is 1. The molecule has 1 saturated carbocycles. The Morgan fingerprint density at radius 3 is 2.44 bits per heavy atom. The van der Waals surface area contributed by atoms with Gasteiger partial charge in [0, 0.05) is 11.6 Å². The van der Waals surface area contributed by atoms with Crippen LogP contribution in [0.3, 0.4) is 0 Å². The normalized spacial score (nSPS) is 20.0. The van der Waals surface area contributed by atoms with E-state index in [0.717, 1.165) is 11.3 Å². The van der Waals surface area contributed by atoms with Crippen molar-refractivity contribution in [1.82, 2.24) is 10.6 Å². The molecule has 1 aromatic heterocycles. The van der Waals surface area contributed by atoms with Gasteiger partial charge in [-0.1, -0.05) is 30.3 Å². The van der Waals surface area contributed by atoms with Crippen molar-refractivity contribution in [3.8, 4) is 11.3 Å². The molecule has 0 spiro atoms. The third-order valence-corrected chi connectivity index (χ3v) is 4.55. The molecule has 2 aromatic rings. The minimum absolute atomic E-state index is 0.0343. The zero-order valence-electron chi connectivity index (χ0n) is 13.9. The van der Waals surface area contributed by atoms with E-state index < -0.39 is 5.97 Å². The van der Waals surface area contributed by atoms with E-state index in [4.69, 9.17) is 9.52 Å². The molecule has 6 nitrogen and oxygen atoms in total. The smallest absolute Gasteiger partial charge is 0.315 e. The van der Waals surface area contributed by atoms with Gasteiger partial charge in [-0.15, -0.1) is 0 Å². The van der Waals surface area contributed by atoms with Crippen molar-refractivity contribution in [2.45, 2.75) is 38.3 Å². The molecule has 0 unspecified atom stereocenters. The molecule has 0 bridgehead atoms. The van der Waals surface area contributed by atoms with E-state index in [1.807, 2.05) is 42.5 Å². The Morgan fingerprint density at radius 1 is 1.04 bits per heavy atom. The molecule has 0 atom stereocenters. The fourth-order valence-electron chi connectivity index (χ4n) is 3.12. The Labute approximate surface area is 146 Å². The Morgan fingerprint density at radius 2 is 1.76 bits per heavy atom. The third-order valence-electron chi connectivity index (χ3n) is 4.55. The third kappa shape index (κ3) is 4.62. The fraction of sp³-hybridized carbons (Fsp3) is 0.368. The van der Waals surface area contributed by atoms with Gasteiger partial charge >= 0.3 is 12.0 Å². The lowest BCUT2D eigenvalue weighted by Crippen LogP contribution is -2.43. The summed E-state index contributed by atoms with van der Waals surface area (Å²) in [5.41, 5.74) is 0.994. The van der Waals surface area contributed by atoms with Crippen LogP contribution >= 0.6 is 0 Å². The van der Waals surface area contributed by atoms with Crippen LogP contribution in [-0.2, 0) is 11.3 Å². The van der Waals surface area contributed by atoms with Gasteiger partial charge < -0.3 is 20.2 Å². The van der Waals surface area contributed by atoms with E-state index in [2.05, 4.69) is 10.6 Å². The van der Waals surface area contributed by atoms with Crippen molar-refractivity contribution in [2.75, 3.05) is 0 Å².